The lowest BCUT2D eigenvalue weighted by atomic mass is 10.2. The molecule has 0 aromatic heterocycles. The van der Waals surface area contributed by atoms with Gasteiger partial charge in [0.2, 0.25) is 0 Å². The first-order chi connectivity index (χ1) is 6.81. The van der Waals surface area contributed by atoms with Crippen molar-refractivity contribution in [2.45, 2.75) is 6.92 Å². The van der Waals surface area contributed by atoms with Crippen LogP contribution in [-0.2, 0) is 18.2 Å². The van der Waals surface area contributed by atoms with Crippen molar-refractivity contribution in [3.05, 3.63) is 0 Å². The number of hydrogen-bond acceptors (Lipinski definition) is 5. The van der Waals surface area contributed by atoms with Gasteiger partial charge in [-0.15, -0.1) is 9.79 Å². The van der Waals surface area contributed by atoms with Crippen LogP contribution < -0.4 is 5.32 Å². The molecule has 0 aliphatic heterocycles. The first-order valence-corrected chi connectivity index (χ1v) is 5.95. The van der Waals surface area contributed by atoms with E-state index in [4.69, 9.17) is 14.9 Å². The van der Waals surface area contributed by atoms with E-state index in [1.165, 1.54) is 0 Å². The predicted octanol–water partition coefficient (Wildman–Crippen LogP) is 0.229. The molecular formula is C5H13NO7P2+2. The van der Waals surface area contributed by atoms with Gasteiger partial charge in [0, 0.05) is 15.7 Å². The van der Waals surface area contributed by atoms with Crippen LogP contribution in [0.2, 0.25) is 0 Å². The first kappa shape index (κ1) is 16.9. The van der Waals surface area contributed by atoms with Crippen LogP contribution >= 0.6 is 16.5 Å². The highest BCUT2D eigenvalue weighted by atomic mass is 31.2. The van der Waals surface area contributed by atoms with Crippen LogP contribution in [0.5, 0.6) is 0 Å². The van der Waals surface area contributed by atoms with Gasteiger partial charge in [0.25, 0.3) is 0 Å². The largest absolute Gasteiger partial charge is 0.745 e. The van der Waals surface area contributed by atoms with E-state index in [1.807, 2.05) is 0 Å². The second-order valence-corrected chi connectivity index (χ2v) is 3.96. The van der Waals surface area contributed by atoms with Crippen LogP contribution in [0, 0.1) is 5.92 Å². The highest BCUT2D eigenvalue weighted by Gasteiger charge is 2.31. The van der Waals surface area contributed by atoms with Crippen molar-refractivity contribution < 1.29 is 33.1 Å². The molecule has 0 aromatic rings. The van der Waals surface area contributed by atoms with Gasteiger partial charge in [0.05, 0.1) is 5.92 Å². The van der Waals surface area contributed by atoms with Gasteiger partial charge in [0.1, 0.15) is 0 Å². The van der Waals surface area contributed by atoms with Gasteiger partial charge in [-0.05, 0) is 7.05 Å². The number of hydrogen-bond donors (Lipinski definition) is 4. The van der Waals surface area contributed by atoms with Gasteiger partial charge < -0.3 is 10.4 Å². The minimum absolute atomic E-state index is 0.278. The highest BCUT2D eigenvalue weighted by molar-refractivity contribution is 7.46. The molecule has 10 heteroatoms. The topological polar surface area (TPSA) is 133 Å². The van der Waals surface area contributed by atoms with Crippen LogP contribution in [0.1, 0.15) is 6.92 Å². The molecule has 88 valence electrons. The summed E-state index contributed by atoms with van der Waals surface area (Å²) in [6, 6.07) is 0. The fourth-order valence-corrected chi connectivity index (χ4v) is 0.931. The third kappa shape index (κ3) is 16.2. The summed E-state index contributed by atoms with van der Waals surface area (Å²) >= 11 is 0. The Kier molecular flexibility index (Phi) is 11.3. The van der Waals surface area contributed by atoms with Crippen LogP contribution in [-0.4, -0.2) is 34.5 Å². The Labute approximate surface area is 88.2 Å². The number of carboxylic acid groups (broad SMARTS) is 1. The molecule has 0 aliphatic carbocycles. The van der Waals surface area contributed by atoms with Crippen molar-refractivity contribution in [1.29, 1.82) is 0 Å². The zero-order chi connectivity index (χ0) is 12.4. The van der Waals surface area contributed by atoms with E-state index in [9.17, 15) is 13.9 Å². The van der Waals surface area contributed by atoms with E-state index in [0.717, 1.165) is 0 Å². The summed E-state index contributed by atoms with van der Waals surface area (Å²) in [6.45, 7) is 2.20. The zero-order valence-corrected chi connectivity index (χ0v) is 9.94. The maximum absolute atomic E-state index is 10.0. The van der Waals surface area contributed by atoms with E-state index in [0.29, 0.717) is 6.54 Å². The average Bonchev–Trinajstić information content (AvgIpc) is 2.02. The van der Waals surface area contributed by atoms with Crippen molar-refractivity contribution >= 4 is 22.5 Å². The molecule has 4 N–H and O–H groups in total. The fraction of sp³-hybridized carbons (Fsp3) is 0.800. The number of carbonyl (C=O) groups is 1. The Balaban J connectivity index is 0. The predicted molar refractivity (Wildman–Crippen MR) is 51.5 cm³/mol. The lowest BCUT2D eigenvalue weighted by Crippen LogP contribution is -2.22. The molecule has 15 heavy (non-hydrogen) atoms. The van der Waals surface area contributed by atoms with E-state index in [2.05, 4.69) is 9.63 Å². The minimum Gasteiger partial charge on any atom is -0.481 e. The summed E-state index contributed by atoms with van der Waals surface area (Å²) in [4.78, 5) is 25.4. The van der Waals surface area contributed by atoms with E-state index in [1.54, 1.807) is 14.0 Å². The molecule has 0 amide bonds. The van der Waals surface area contributed by atoms with Gasteiger partial charge >= 0.3 is 22.5 Å². The van der Waals surface area contributed by atoms with Crippen LogP contribution in [0.15, 0.2) is 0 Å². The van der Waals surface area contributed by atoms with Gasteiger partial charge in [-0.1, -0.05) is 6.92 Å². The Morgan fingerprint density at radius 2 is 1.80 bits per heavy atom. The van der Waals surface area contributed by atoms with E-state index < -0.39 is 22.5 Å². The second-order valence-electron chi connectivity index (χ2n) is 2.35. The Hall–Kier alpha value is -0.490. The van der Waals surface area contributed by atoms with Crippen molar-refractivity contribution in [3.8, 4) is 0 Å². The molecule has 3 atom stereocenters. The molecule has 0 fully saturated rings. The monoisotopic (exact) mass is 261 g/mol. The molecule has 0 radical (unpaired) electrons. The lowest BCUT2D eigenvalue weighted by molar-refractivity contribution is -0.140. The normalized spacial score (nSPS) is 13.3. The van der Waals surface area contributed by atoms with Crippen molar-refractivity contribution in [1.82, 2.24) is 5.32 Å². The van der Waals surface area contributed by atoms with Crippen molar-refractivity contribution in [2.75, 3.05) is 13.6 Å². The molecule has 0 saturated carbocycles. The summed E-state index contributed by atoms with van der Waals surface area (Å²) in [6.07, 6.45) is 0. The van der Waals surface area contributed by atoms with Gasteiger partial charge in [0.15, 0.2) is 4.31 Å². The van der Waals surface area contributed by atoms with Crippen molar-refractivity contribution in [3.63, 3.8) is 0 Å². The molecule has 8 nitrogen and oxygen atoms in total. The third-order valence-electron chi connectivity index (χ3n) is 1.07. The Bertz CT molecular complexity index is 221. The van der Waals surface area contributed by atoms with E-state index in [-0.39, 0.29) is 5.92 Å². The summed E-state index contributed by atoms with van der Waals surface area (Å²) in [5.74, 6) is -1.03. The number of rotatable bonds is 5. The minimum atomic E-state index is -2.92. The highest BCUT2D eigenvalue weighted by Crippen LogP contribution is 2.30. The summed E-state index contributed by atoms with van der Waals surface area (Å²) in [7, 11) is -4.11. The molecule has 0 spiro atoms. The Morgan fingerprint density at radius 3 is 1.87 bits per heavy atom. The first-order valence-electron chi connectivity index (χ1n) is 3.69. The smallest absolute Gasteiger partial charge is 0.481 e. The molecule has 3 unspecified atom stereocenters. The maximum Gasteiger partial charge on any atom is 0.745 e. The SMILES string of the molecule is CNCC(C)C(=O)O.O=[P+](O)O[P+](=O)O. The molecule has 0 saturated heterocycles. The summed E-state index contributed by atoms with van der Waals surface area (Å²) < 4.78 is 22.2. The van der Waals surface area contributed by atoms with Gasteiger partial charge in [-0.25, -0.2) is 0 Å². The molecule has 0 aliphatic rings. The third-order valence-corrected chi connectivity index (χ3v) is 2.19. The molecule has 0 rings (SSSR count). The van der Waals surface area contributed by atoms with E-state index >= 15 is 0 Å². The zero-order valence-electron chi connectivity index (χ0n) is 8.15. The van der Waals surface area contributed by atoms with Crippen LogP contribution in [0.3, 0.4) is 0 Å². The maximum atomic E-state index is 10.0. The number of carboxylic acids is 1. The molecule has 0 heterocycles. The average molecular weight is 261 g/mol. The van der Waals surface area contributed by atoms with Crippen molar-refractivity contribution in [2.24, 2.45) is 5.92 Å². The quantitative estimate of drug-likeness (QED) is 0.517. The second kappa shape index (κ2) is 10.0. The van der Waals surface area contributed by atoms with Crippen LogP contribution in [0.4, 0.5) is 0 Å². The summed E-state index contributed by atoms with van der Waals surface area (Å²) in [5.41, 5.74) is 0. The van der Waals surface area contributed by atoms with Crippen LogP contribution in [0.25, 0.3) is 0 Å². The van der Waals surface area contributed by atoms with Gasteiger partial charge in [-0.3, -0.25) is 4.79 Å². The molecule has 0 bridgehead atoms. The lowest BCUT2D eigenvalue weighted by Gasteiger charge is -2.01. The van der Waals surface area contributed by atoms with Gasteiger partial charge in [-0.2, -0.15) is 0 Å². The summed E-state index contributed by atoms with van der Waals surface area (Å²) in [5, 5.41) is 11.0. The Morgan fingerprint density at radius 1 is 1.40 bits per heavy atom. The molecule has 0 aromatic carbocycles. The standard InChI is InChI=1S/C5H11NO2.O5P2/c1-4(3-6-2)5(7)8;1-6(2)5-7(3)4/h4,6H,3H2,1-2H3,(H,7,8);/p+2. The molecular weight excluding hydrogens is 248 g/mol. The number of aliphatic carboxylic acids is 1. The fourth-order valence-electron chi connectivity index (χ4n) is 0.453. The number of nitrogens with one attached hydrogen (secondary N) is 1.